The number of nitrogens with zero attached hydrogens (tertiary/aromatic N) is 2. The van der Waals surface area contributed by atoms with Crippen molar-refractivity contribution in [3.05, 3.63) is 11.9 Å². The molecule has 16 heavy (non-hydrogen) atoms. The molecule has 3 N–H and O–H groups in total. The van der Waals surface area contributed by atoms with Gasteiger partial charge in [0.1, 0.15) is 16.7 Å². The summed E-state index contributed by atoms with van der Waals surface area (Å²) in [6.45, 7) is 6.49. The number of hydrogen-bond acceptors (Lipinski definition) is 5. The molecule has 0 aliphatic rings. The Kier molecular flexibility index (Phi) is 5.55. The second-order valence-electron chi connectivity index (χ2n) is 3.83. The first-order valence-corrected chi connectivity index (χ1v) is 6.65. The molecule has 0 aromatic carbocycles. The monoisotopic (exact) mass is 240 g/mol. The Morgan fingerprint density at radius 1 is 1.44 bits per heavy atom. The van der Waals surface area contributed by atoms with Crippen molar-refractivity contribution in [1.29, 1.82) is 0 Å². The van der Waals surface area contributed by atoms with E-state index in [9.17, 15) is 0 Å². The summed E-state index contributed by atoms with van der Waals surface area (Å²) in [7, 11) is 0. The summed E-state index contributed by atoms with van der Waals surface area (Å²) in [4.78, 5) is 8.72. The number of nitrogens with one attached hydrogen (secondary N) is 1. The topological polar surface area (TPSA) is 63.8 Å². The Morgan fingerprint density at radius 3 is 2.75 bits per heavy atom. The lowest BCUT2D eigenvalue weighted by Gasteiger charge is -2.09. The lowest BCUT2D eigenvalue weighted by molar-refractivity contribution is 0.636. The van der Waals surface area contributed by atoms with E-state index in [0.717, 1.165) is 23.0 Å². The van der Waals surface area contributed by atoms with Crippen molar-refractivity contribution in [3.63, 3.8) is 0 Å². The zero-order valence-corrected chi connectivity index (χ0v) is 11.0. The molecule has 0 saturated carbocycles. The highest BCUT2D eigenvalue weighted by Gasteiger charge is 2.05. The molecular weight excluding hydrogens is 220 g/mol. The molecular formula is C11H20N4S. The summed E-state index contributed by atoms with van der Waals surface area (Å²) in [6, 6.07) is 1.90. The van der Waals surface area contributed by atoms with E-state index >= 15 is 0 Å². The number of nitrogens with two attached hydrogens (primary N) is 1. The van der Waals surface area contributed by atoms with Gasteiger partial charge in [0.25, 0.3) is 0 Å². The zero-order valence-electron chi connectivity index (χ0n) is 10.2. The average molecular weight is 240 g/mol. The third-order valence-electron chi connectivity index (χ3n) is 2.43. The highest BCUT2D eigenvalue weighted by molar-refractivity contribution is 7.99. The normalized spacial score (nSPS) is 12.5. The molecule has 5 heteroatoms. The van der Waals surface area contributed by atoms with Crippen LogP contribution in [-0.4, -0.2) is 15.7 Å². The molecule has 0 amide bonds. The van der Waals surface area contributed by atoms with Crippen molar-refractivity contribution >= 4 is 17.6 Å². The van der Waals surface area contributed by atoms with Crippen LogP contribution in [-0.2, 0) is 6.42 Å². The number of rotatable bonds is 6. The Balaban J connectivity index is 2.71. The average Bonchev–Trinajstić information content (AvgIpc) is 2.35. The van der Waals surface area contributed by atoms with Gasteiger partial charge in [-0.1, -0.05) is 27.2 Å². The number of hydrogen-bond donors (Lipinski definition) is 2. The standard InChI is InChI=1S/C11H20N4S/c1-4-8(3)7-16-11-6-10(15-12)13-9(5-2)14-11/h6,8H,4-5,7,12H2,1-3H3,(H,13,14,15). The van der Waals surface area contributed by atoms with Gasteiger partial charge in [0.15, 0.2) is 0 Å². The summed E-state index contributed by atoms with van der Waals surface area (Å²) >= 11 is 1.77. The number of aryl methyl sites for hydroxylation is 1. The first-order valence-electron chi connectivity index (χ1n) is 5.66. The smallest absolute Gasteiger partial charge is 0.144 e. The fourth-order valence-electron chi connectivity index (χ4n) is 1.12. The third-order valence-corrected chi connectivity index (χ3v) is 3.67. The van der Waals surface area contributed by atoms with Gasteiger partial charge in [0.05, 0.1) is 0 Å². The number of anilines is 1. The number of thioether (sulfide) groups is 1. The second-order valence-corrected chi connectivity index (χ2v) is 4.87. The Morgan fingerprint density at radius 2 is 2.19 bits per heavy atom. The molecule has 0 aliphatic heterocycles. The molecule has 1 atom stereocenters. The SMILES string of the molecule is CCc1nc(NN)cc(SCC(C)CC)n1. The van der Waals surface area contributed by atoms with E-state index in [-0.39, 0.29) is 0 Å². The van der Waals surface area contributed by atoms with E-state index < -0.39 is 0 Å². The lowest BCUT2D eigenvalue weighted by atomic mass is 10.2. The molecule has 0 spiro atoms. The van der Waals surface area contributed by atoms with Gasteiger partial charge in [-0.15, -0.1) is 11.8 Å². The molecule has 90 valence electrons. The van der Waals surface area contributed by atoms with E-state index in [0.29, 0.717) is 11.7 Å². The van der Waals surface area contributed by atoms with Crippen molar-refractivity contribution in [2.45, 2.75) is 38.6 Å². The molecule has 1 rings (SSSR count). The summed E-state index contributed by atoms with van der Waals surface area (Å²) in [5, 5.41) is 1.00. The summed E-state index contributed by atoms with van der Waals surface area (Å²) < 4.78 is 0. The molecule has 0 fully saturated rings. The van der Waals surface area contributed by atoms with Crippen LogP contribution in [0, 0.1) is 5.92 Å². The quantitative estimate of drug-likeness (QED) is 0.346. The minimum atomic E-state index is 0.693. The maximum Gasteiger partial charge on any atom is 0.144 e. The second kappa shape index (κ2) is 6.70. The maximum atomic E-state index is 5.37. The van der Waals surface area contributed by atoms with Crippen LogP contribution in [0.5, 0.6) is 0 Å². The van der Waals surface area contributed by atoms with Gasteiger partial charge >= 0.3 is 0 Å². The first kappa shape index (κ1) is 13.3. The molecule has 1 heterocycles. The first-order chi connectivity index (χ1) is 7.69. The Hall–Kier alpha value is -0.810. The molecule has 0 radical (unpaired) electrons. The Labute approximate surface area is 101 Å². The fraction of sp³-hybridized carbons (Fsp3) is 0.636. The predicted molar refractivity (Wildman–Crippen MR) is 69.4 cm³/mol. The zero-order chi connectivity index (χ0) is 12.0. The number of hydrazine groups is 1. The van der Waals surface area contributed by atoms with Crippen molar-refractivity contribution in [1.82, 2.24) is 9.97 Å². The van der Waals surface area contributed by atoms with Gasteiger partial charge in [0.2, 0.25) is 0 Å². The van der Waals surface area contributed by atoms with Crippen LogP contribution in [0.1, 0.15) is 33.0 Å². The minimum absolute atomic E-state index is 0.693. The van der Waals surface area contributed by atoms with Crippen LogP contribution >= 0.6 is 11.8 Å². The van der Waals surface area contributed by atoms with E-state index in [4.69, 9.17) is 5.84 Å². The number of aromatic nitrogens is 2. The molecule has 1 aromatic rings. The van der Waals surface area contributed by atoms with Crippen LogP contribution in [0.4, 0.5) is 5.82 Å². The van der Waals surface area contributed by atoms with Gasteiger partial charge in [-0.05, 0) is 5.92 Å². The van der Waals surface area contributed by atoms with Crippen molar-refractivity contribution in [3.8, 4) is 0 Å². The minimum Gasteiger partial charge on any atom is -0.308 e. The van der Waals surface area contributed by atoms with Gasteiger partial charge in [0, 0.05) is 18.2 Å². The summed E-state index contributed by atoms with van der Waals surface area (Å²) in [5.41, 5.74) is 2.58. The van der Waals surface area contributed by atoms with E-state index in [1.165, 1.54) is 6.42 Å². The summed E-state index contributed by atoms with van der Waals surface area (Å²) in [5.74, 6) is 8.69. The molecule has 0 aliphatic carbocycles. The van der Waals surface area contributed by atoms with Crippen molar-refractivity contribution < 1.29 is 0 Å². The van der Waals surface area contributed by atoms with Crippen LogP contribution < -0.4 is 11.3 Å². The van der Waals surface area contributed by atoms with Gasteiger partial charge in [-0.3, -0.25) is 0 Å². The van der Waals surface area contributed by atoms with Crippen molar-refractivity contribution in [2.75, 3.05) is 11.2 Å². The fourth-order valence-corrected chi connectivity index (χ4v) is 2.18. The molecule has 1 unspecified atom stereocenters. The highest BCUT2D eigenvalue weighted by Crippen LogP contribution is 2.22. The van der Waals surface area contributed by atoms with E-state index in [2.05, 4.69) is 29.2 Å². The van der Waals surface area contributed by atoms with Crippen LogP contribution in [0.3, 0.4) is 0 Å². The molecule has 0 saturated heterocycles. The highest BCUT2D eigenvalue weighted by atomic mass is 32.2. The molecule has 1 aromatic heterocycles. The van der Waals surface area contributed by atoms with Crippen molar-refractivity contribution in [2.24, 2.45) is 11.8 Å². The van der Waals surface area contributed by atoms with Gasteiger partial charge in [-0.2, -0.15) is 0 Å². The van der Waals surface area contributed by atoms with Gasteiger partial charge < -0.3 is 5.43 Å². The molecule has 4 nitrogen and oxygen atoms in total. The largest absolute Gasteiger partial charge is 0.308 e. The molecule has 0 bridgehead atoms. The number of nitrogen functional groups attached to an aromatic ring is 1. The predicted octanol–water partition coefficient (Wildman–Crippen LogP) is 2.46. The van der Waals surface area contributed by atoms with Crippen LogP contribution in [0.2, 0.25) is 0 Å². The Bertz CT molecular complexity index is 308. The lowest BCUT2D eigenvalue weighted by Crippen LogP contribution is -2.10. The van der Waals surface area contributed by atoms with Crippen LogP contribution in [0.25, 0.3) is 0 Å². The maximum absolute atomic E-state index is 5.37. The summed E-state index contributed by atoms with van der Waals surface area (Å²) in [6.07, 6.45) is 2.02. The van der Waals surface area contributed by atoms with E-state index in [1.54, 1.807) is 11.8 Å². The van der Waals surface area contributed by atoms with Gasteiger partial charge in [-0.25, -0.2) is 15.8 Å². The van der Waals surface area contributed by atoms with Crippen LogP contribution in [0.15, 0.2) is 11.1 Å². The third kappa shape index (κ3) is 3.98. The van der Waals surface area contributed by atoms with E-state index in [1.807, 2.05) is 13.0 Å².